The van der Waals surface area contributed by atoms with Crippen LogP contribution in [0.25, 0.3) is 11.3 Å². The van der Waals surface area contributed by atoms with Crippen molar-refractivity contribution in [2.45, 2.75) is 13.8 Å². The number of benzene rings is 1. The molecule has 1 nitrogen and oxygen atoms in total. The van der Waals surface area contributed by atoms with Gasteiger partial charge >= 0.3 is 0 Å². The van der Waals surface area contributed by atoms with E-state index in [1.807, 2.05) is 12.1 Å². The van der Waals surface area contributed by atoms with Gasteiger partial charge in [0, 0.05) is 11.8 Å². The predicted octanol–water partition coefficient (Wildman–Crippen LogP) is 3.17. The first-order chi connectivity index (χ1) is 6.75. The van der Waals surface area contributed by atoms with Crippen LogP contribution < -0.4 is 0 Å². The van der Waals surface area contributed by atoms with E-state index in [-0.39, 0.29) is 0 Å². The van der Waals surface area contributed by atoms with Gasteiger partial charge in [-0.25, -0.2) is 0 Å². The van der Waals surface area contributed by atoms with Crippen LogP contribution in [0.15, 0.2) is 36.5 Å². The third kappa shape index (κ3) is 1.82. The maximum Gasteiger partial charge on any atom is 0.0708 e. The van der Waals surface area contributed by atoms with Gasteiger partial charge in [-0.15, -0.1) is 0 Å². The van der Waals surface area contributed by atoms with Gasteiger partial charge in [-0.1, -0.05) is 17.2 Å². The van der Waals surface area contributed by atoms with E-state index in [2.05, 4.69) is 43.1 Å². The van der Waals surface area contributed by atoms with E-state index >= 15 is 0 Å². The molecule has 0 spiro atoms. The highest BCUT2D eigenvalue weighted by atomic mass is 14.7. The molecular formula is C13H12N. The Balaban J connectivity index is 2.52. The predicted molar refractivity (Wildman–Crippen MR) is 58.0 cm³/mol. The SMILES string of the molecule is Cc1cc(C)cc(-c2c[c]ccn2)c1. The number of pyridine rings is 1. The van der Waals surface area contributed by atoms with Crippen LogP contribution in [-0.4, -0.2) is 4.98 Å². The largest absolute Gasteiger partial charge is 0.256 e. The lowest BCUT2D eigenvalue weighted by atomic mass is 10.0. The molecule has 1 aromatic heterocycles. The molecule has 0 saturated carbocycles. The Bertz CT molecular complexity index is 412. The Morgan fingerprint density at radius 1 is 1.07 bits per heavy atom. The molecule has 0 saturated heterocycles. The van der Waals surface area contributed by atoms with Crippen molar-refractivity contribution in [1.82, 2.24) is 4.98 Å². The van der Waals surface area contributed by atoms with Crippen molar-refractivity contribution in [2.24, 2.45) is 0 Å². The van der Waals surface area contributed by atoms with Gasteiger partial charge in [-0.05, 0) is 44.2 Å². The van der Waals surface area contributed by atoms with Crippen molar-refractivity contribution in [2.75, 3.05) is 0 Å². The van der Waals surface area contributed by atoms with E-state index in [0.717, 1.165) is 5.69 Å². The van der Waals surface area contributed by atoms with Gasteiger partial charge in [-0.3, -0.25) is 4.98 Å². The lowest BCUT2D eigenvalue weighted by molar-refractivity contribution is 1.30. The molecule has 0 bridgehead atoms. The van der Waals surface area contributed by atoms with Crippen LogP contribution in [0.3, 0.4) is 0 Å². The van der Waals surface area contributed by atoms with Crippen molar-refractivity contribution in [3.63, 3.8) is 0 Å². The lowest BCUT2D eigenvalue weighted by Gasteiger charge is -2.03. The number of rotatable bonds is 1. The second kappa shape index (κ2) is 3.62. The van der Waals surface area contributed by atoms with E-state index in [4.69, 9.17) is 0 Å². The van der Waals surface area contributed by atoms with Crippen molar-refractivity contribution < 1.29 is 0 Å². The van der Waals surface area contributed by atoms with Crippen molar-refractivity contribution in [3.05, 3.63) is 53.7 Å². The summed E-state index contributed by atoms with van der Waals surface area (Å²) in [6.07, 6.45) is 1.77. The highest BCUT2D eigenvalue weighted by Crippen LogP contribution is 2.19. The van der Waals surface area contributed by atoms with Gasteiger partial charge in [0.15, 0.2) is 0 Å². The Kier molecular flexibility index (Phi) is 2.32. The molecule has 1 aromatic carbocycles. The Morgan fingerprint density at radius 3 is 2.36 bits per heavy atom. The summed E-state index contributed by atoms with van der Waals surface area (Å²) in [5.74, 6) is 0. The molecule has 69 valence electrons. The maximum absolute atomic E-state index is 4.30. The Morgan fingerprint density at radius 2 is 1.79 bits per heavy atom. The Hall–Kier alpha value is -1.63. The van der Waals surface area contributed by atoms with Crippen molar-refractivity contribution in [1.29, 1.82) is 0 Å². The average Bonchev–Trinajstić information content (AvgIpc) is 2.18. The van der Waals surface area contributed by atoms with Gasteiger partial charge in [0.1, 0.15) is 0 Å². The smallest absolute Gasteiger partial charge is 0.0708 e. The normalized spacial score (nSPS) is 10.1. The summed E-state index contributed by atoms with van der Waals surface area (Å²) in [6, 6.07) is 13.2. The first kappa shape index (κ1) is 8.95. The van der Waals surface area contributed by atoms with Crippen LogP contribution in [0.4, 0.5) is 0 Å². The van der Waals surface area contributed by atoms with Gasteiger partial charge in [-0.2, -0.15) is 0 Å². The molecule has 14 heavy (non-hydrogen) atoms. The number of aromatic nitrogens is 1. The van der Waals surface area contributed by atoms with Gasteiger partial charge in [0.05, 0.1) is 5.69 Å². The zero-order chi connectivity index (χ0) is 9.97. The molecule has 0 fully saturated rings. The summed E-state index contributed by atoms with van der Waals surface area (Å²) in [7, 11) is 0. The molecule has 0 N–H and O–H groups in total. The van der Waals surface area contributed by atoms with Crippen molar-refractivity contribution in [3.8, 4) is 11.3 Å². The second-order valence-electron chi connectivity index (χ2n) is 3.52. The summed E-state index contributed by atoms with van der Waals surface area (Å²) in [4.78, 5) is 4.30. The third-order valence-corrected chi connectivity index (χ3v) is 2.12. The topological polar surface area (TPSA) is 12.9 Å². The third-order valence-electron chi connectivity index (χ3n) is 2.12. The molecule has 1 heteroatoms. The van der Waals surface area contributed by atoms with Crippen LogP contribution >= 0.6 is 0 Å². The monoisotopic (exact) mass is 182 g/mol. The van der Waals surface area contributed by atoms with E-state index in [1.165, 1.54) is 16.7 Å². The standard InChI is InChI=1S/C13H12N/c1-10-7-11(2)9-12(8-10)13-5-3-4-6-14-13/h4-9H,1-2H3. The van der Waals surface area contributed by atoms with Crippen LogP contribution in [0.5, 0.6) is 0 Å². The quantitative estimate of drug-likeness (QED) is 0.660. The highest BCUT2D eigenvalue weighted by Gasteiger charge is 1.99. The average molecular weight is 182 g/mol. The van der Waals surface area contributed by atoms with E-state index < -0.39 is 0 Å². The van der Waals surface area contributed by atoms with Crippen LogP contribution in [-0.2, 0) is 0 Å². The lowest BCUT2D eigenvalue weighted by Crippen LogP contribution is -1.85. The summed E-state index contributed by atoms with van der Waals surface area (Å²) in [6.45, 7) is 4.20. The first-order valence-electron chi connectivity index (χ1n) is 4.66. The minimum atomic E-state index is 0.985. The molecule has 1 radical (unpaired) electrons. The summed E-state index contributed by atoms with van der Waals surface area (Å²) in [5, 5.41) is 0. The summed E-state index contributed by atoms with van der Waals surface area (Å²) < 4.78 is 0. The number of aryl methyl sites for hydroxylation is 2. The van der Waals surface area contributed by atoms with Gasteiger partial charge in [0.2, 0.25) is 0 Å². The minimum Gasteiger partial charge on any atom is -0.256 e. The van der Waals surface area contributed by atoms with Crippen LogP contribution in [0.2, 0.25) is 0 Å². The number of nitrogens with zero attached hydrogens (tertiary/aromatic N) is 1. The zero-order valence-corrected chi connectivity index (χ0v) is 8.41. The van der Waals surface area contributed by atoms with Gasteiger partial charge in [0.25, 0.3) is 0 Å². The second-order valence-corrected chi connectivity index (χ2v) is 3.52. The molecule has 0 aliphatic heterocycles. The van der Waals surface area contributed by atoms with Crippen molar-refractivity contribution >= 4 is 0 Å². The number of hydrogen-bond donors (Lipinski definition) is 0. The molecule has 2 aromatic rings. The minimum absolute atomic E-state index is 0.985. The van der Waals surface area contributed by atoms with E-state index in [9.17, 15) is 0 Å². The molecular weight excluding hydrogens is 170 g/mol. The molecule has 0 amide bonds. The van der Waals surface area contributed by atoms with E-state index in [1.54, 1.807) is 6.20 Å². The Labute approximate surface area is 84.4 Å². The molecule has 2 rings (SSSR count). The fraction of sp³-hybridized carbons (Fsp3) is 0.154. The molecule has 0 unspecified atom stereocenters. The fourth-order valence-corrected chi connectivity index (χ4v) is 1.61. The molecule has 1 heterocycles. The molecule has 0 aliphatic carbocycles. The summed E-state index contributed by atoms with van der Waals surface area (Å²) >= 11 is 0. The zero-order valence-electron chi connectivity index (χ0n) is 8.41. The van der Waals surface area contributed by atoms with Gasteiger partial charge < -0.3 is 0 Å². The molecule has 0 aliphatic rings. The first-order valence-corrected chi connectivity index (χ1v) is 4.66. The van der Waals surface area contributed by atoms with E-state index in [0.29, 0.717) is 0 Å². The summed E-state index contributed by atoms with van der Waals surface area (Å²) in [5.41, 5.74) is 4.69. The van der Waals surface area contributed by atoms with Crippen LogP contribution in [0, 0.1) is 19.9 Å². The number of hydrogen-bond acceptors (Lipinski definition) is 1. The maximum atomic E-state index is 4.30. The highest BCUT2D eigenvalue weighted by molar-refractivity contribution is 5.60. The van der Waals surface area contributed by atoms with Crippen LogP contribution in [0.1, 0.15) is 11.1 Å². The fourth-order valence-electron chi connectivity index (χ4n) is 1.61. The molecule has 0 atom stereocenters.